The molecule has 7 heteroatoms. The van der Waals surface area contributed by atoms with Gasteiger partial charge in [0.15, 0.2) is 5.76 Å². The first-order valence-electron chi connectivity index (χ1n) is 9.23. The molecule has 0 saturated carbocycles. The standard InChI is InChI=1S/C21H21N3O4/c25-18(10-6-2-5-9-16-7-3-1-4-8-16)14-21-23-15-20(28-21)19-13-17(24(26)27)11-12-22-19/h1,3-4,7-8,11-13,15H,2,5-6,9-10,14H2. The van der Waals surface area contributed by atoms with Crippen LogP contribution in [0.4, 0.5) is 5.69 Å². The number of nitro groups is 1. The van der Waals surface area contributed by atoms with E-state index in [1.807, 2.05) is 18.2 Å². The van der Waals surface area contributed by atoms with Crippen LogP contribution in [0.15, 0.2) is 59.3 Å². The van der Waals surface area contributed by atoms with Crippen molar-refractivity contribution in [3.05, 3.63) is 76.4 Å². The van der Waals surface area contributed by atoms with E-state index >= 15 is 0 Å². The Bertz CT molecular complexity index is 938. The topological polar surface area (TPSA) is 99.1 Å². The highest BCUT2D eigenvalue weighted by atomic mass is 16.6. The molecule has 28 heavy (non-hydrogen) atoms. The summed E-state index contributed by atoms with van der Waals surface area (Å²) in [5, 5.41) is 10.8. The molecular weight excluding hydrogens is 358 g/mol. The fourth-order valence-corrected chi connectivity index (χ4v) is 2.91. The first kappa shape index (κ1) is 19.4. The van der Waals surface area contributed by atoms with Crippen molar-refractivity contribution in [2.75, 3.05) is 0 Å². The molecule has 144 valence electrons. The Balaban J connectivity index is 1.44. The zero-order valence-electron chi connectivity index (χ0n) is 15.4. The summed E-state index contributed by atoms with van der Waals surface area (Å²) in [6.45, 7) is 0. The minimum atomic E-state index is -0.496. The van der Waals surface area contributed by atoms with Crippen LogP contribution in [0.5, 0.6) is 0 Å². The molecule has 0 unspecified atom stereocenters. The summed E-state index contributed by atoms with van der Waals surface area (Å²) in [5.74, 6) is 0.687. The molecule has 1 aromatic carbocycles. The van der Waals surface area contributed by atoms with E-state index in [9.17, 15) is 14.9 Å². The van der Waals surface area contributed by atoms with Crippen LogP contribution in [0.2, 0.25) is 0 Å². The quantitative estimate of drug-likeness (QED) is 0.291. The number of pyridine rings is 1. The maximum absolute atomic E-state index is 12.1. The normalized spacial score (nSPS) is 10.7. The molecule has 0 saturated heterocycles. The van der Waals surface area contributed by atoms with Gasteiger partial charge in [0.1, 0.15) is 11.5 Å². The van der Waals surface area contributed by atoms with E-state index < -0.39 is 4.92 Å². The van der Waals surface area contributed by atoms with Crippen LogP contribution in [0.3, 0.4) is 0 Å². The van der Waals surface area contributed by atoms with Gasteiger partial charge in [-0.25, -0.2) is 4.98 Å². The van der Waals surface area contributed by atoms with Crippen molar-refractivity contribution in [2.45, 2.75) is 38.5 Å². The van der Waals surface area contributed by atoms with Crippen molar-refractivity contribution in [3.8, 4) is 11.5 Å². The van der Waals surface area contributed by atoms with Crippen LogP contribution >= 0.6 is 0 Å². The lowest BCUT2D eigenvalue weighted by Crippen LogP contribution is -2.02. The molecule has 0 bridgehead atoms. The predicted molar refractivity (Wildman–Crippen MR) is 104 cm³/mol. The number of ketones is 1. The van der Waals surface area contributed by atoms with Crippen molar-refractivity contribution in [3.63, 3.8) is 0 Å². The van der Waals surface area contributed by atoms with Crippen LogP contribution in [-0.4, -0.2) is 20.7 Å². The Morgan fingerprint density at radius 3 is 2.68 bits per heavy atom. The zero-order valence-corrected chi connectivity index (χ0v) is 15.4. The van der Waals surface area contributed by atoms with Gasteiger partial charge in [0.05, 0.1) is 17.5 Å². The number of Topliss-reactive ketones (excluding diaryl/α,β-unsaturated/α-hetero) is 1. The van der Waals surface area contributed by atoms with E-state index in [0.717, 1.165) is 25.7 Å². The van der Waals surface area contributed by atoms with Gasteiger partial charge in [-0.1, -0.05) is 36.8 Å². The molecule has 0 atom stereocenters. The molecule has 3 rings (SSSR count). The molecule has 0 radical (unpaired) electrons. The fraction of sp³-hybridized carbons (Fsp3) is 0.286. The maximum atomic E-state index is 12.1. The van der Waals surface area contributed by atoms with E-state index in [2.05, 4.69) is 22.1 Å². The maximum Gasteiger partial charge on any atom is 0.273 e. The third-order valence-electron chi connectivity index (χ3n) is 4.37. The summed E-state index contributed by atoms with van der Waals surface area (Å²) >= 11 is 0. The lowest BCUT2D eigenvalue weighted by atomic mass is 10.0. The highest BCUT2D eigenvalue weighted by Crippen LogP contribution is 2.22. The number of hydrogen-bond acceptors (Lipinski definition) is 6. The Kier molecular flexibility index (Phi) is 6.62. The summed E-state index contributed by atoms with van der Waals surface area (Å²) < 4.78 is 5.54. The van der Waals surface area contributed by atoms with Gasteiger partial charge in [-0.05, 0) is 24.8 Å². The van der Waals surface area contributed by atoms with E-state index in [1.165, 1.54) is 30.1 Å². The van der Waals surface area contributed by atoms with Crippen molar-refractivity contribution < 1.29 is 14.1 Å². The van der Waals surface area contributed by atoms with Crippen molar-refractivity contribution >= 4 is 11.5 Å². The molecule has 0 spiro atoms. The Hall–Kier alpha value is -3.35. The number of unbranched alkanes of at least 4 members (excludes halogenated alkanes) is 2. The van der Waals surface area contributed by atoms with E-state index in [1.54, 1.807) is 0 Å². The number of rotatable bonds is 10. The Labute approximate surface area is 162 Å². The van der Waals surface area contributed by atoms with Crippen LogP contribution in [0.1, 0.15) is 37.1 Å². The molecular formula is C21H21N3O4. The monoisotopic (exact) mass is 379 g/mol. The Morgan fingerprint density at radius 2 is 1.89 bits per heavy atom. The summed E-state index contributed by atoms with van der Waals surface area (Å²) in [7, 11) is 0. The molecule has 0 aliphatic rings. The average Bonchev–Trinajstić information content (AvgIpc) is 3.17. The van der Waals surface area contributed by atoms with Crippen molar-refractivity contribution in [2.24, 2.45) is 0 Å². The molecule has 7 nitrogen and oxygen atoms in total. The highest BCUT2D eigenvalue weighted by molar-refractivity contribution is 5.80. The molecule has 0 N–H and O–H groups in total. The summed E-state index contributed by atoms with van der Waals surface area (Å²) in [4.78, 5) is 30.6. The second-order valence-corrected chi connectivity index (χ2v) is 6.54. The summed E-state index contributed by atoms with van der Waals surface area (Å²) in [6, 6.07) is 12.9. The second-order valence-electron chi connectivity index (χ2n) is 6.54. The van der Waals surface area contributed by atoms with Gasteiger partial charge in [0.2, 0.25) is 5.89 Å². The van der Waals surface area contributed by atoms with Crippen LogP contribution in [0.25, 0.3) is 11.5 Å². The lowest BCUT2D eigenvalue weighted by Gasteiger charge is -2.01. The lowest BCUT2D eigenvalue weighted by molar-refractivity contribution is -0.384. The molecule has 0 aliphatic carbocycles. The summed E-state index contributed by atoms with van der Waals surface area (Å²) in [6.07, 6.45) is 7.30. The van der Waals surface area contributed by atoms with Gasteiger partial charge >= 0.3 is 0 Å². The molecule has 3 aromatic rings. The number of carbonyl (C=O) groups is 1. The number of aryl methyl sites for hydroxylation is 1. The van der Waals surface area contributed by atoms with Gasteiger partial charge in [-0.2, -0.15) is 0 Å². The van der Waals surface area contributed by atoms with E-state index in [4.69, 9.17) is 4.42 Å². The van der Waals surface area contributed by atoms with Gasteiger partial charge in [-0.15, -0.1) is 0 Å². The smallest absolute Gasteiger partial charge is 0.273 e. The van der Waals surface area contributed by atoms with Gasteiger partial charge < -0.3 is 4.42 Å². The third kappa shape index (κ3) is 5.57. The van der Waals surface area contributed by atoms with Crippen molar-refractivity contribution in [1.82, 2.24) is 9.97 Å². The highest BCUT2D eigenvalue weighted by Gasteiger charge is 2.14. The average molecular weight is 379 g/mol. The van der Waals surface area contributed by atoms with Gasteiger partial charge in [0, 0.05) is 24.8 Å². The van der Waals surface area contributed by atoms with Crippen LogP contribution in [0, 0.1) is 10.1 Å². The van der Waals surface area contributed by atoms with Crippen LogP contribution < -0.4 is 0 Å². The number of nitrogens with zero attached hydrogens (tertiary/aromatic N) is 3. The molecule has 0 aliphatic heterocycles. The van der Waals surface area contributed by atoms with Crippen LogP contribution in [-0.2, 0) is 17.6 Å². The molecule has 0 amide bonds. The third-order valence-corrected chi connectivity index (χ3v) is 4.37. The predicted octanol–water partition coefficient (Wildman–Crippen LogP) is 4.56. The molecule has 2 aromatic heterocycles. The number of carbonyl (C=O) groups excluding carboxylic acids is 1. The first-order valence-corrected chi connectivity index (χ1v) is 9.23. The summed E-state index contributed by atoms with van der Waals surface area (Å²) in [5.41, 5.74) is 1.56. The second kappa shape index (κ2) is 9.55. The molecule has 0 fully saturated rings. The minimum absolute atomic E-state index is 0.0695. The zero-order chi connectivity index (χ0) is 19.8. The number of aromatic nitrogens is 2. The molecule has 2 heterocycles. The number of oxazole rings is 1. The van der Waals surface area contributed by atoms with E-state index in [-0.39, 0.29) is 17.9 Å². The number of benzene rings is 1. The largest absolute Gasteiger partial charge is 0.439 e. The number of hydrogen-bond donors (Lipinski definition) is 0. The van der Waals surface area contributed by atoms with E-state index in [0.29, 0.717) is 23.8 Å². The SMILES string of the molecule is O=C(CCCCCc1ccccc1)Cc1ncc(-c2cc([N+](=O)[O-])ccn2)o1. The first-order chi connectivity index (χ1) is 13.6. The fourth-order valence-electron chi connectivity index (χ4n) is 2.91. The van der Waals surface area contributed by atoms with Crippen molar-refractivity contribution in [1.29, 1.82) is 0 Å². The Morgan fingerprint density at radius 1 is 1.07 bits per heavy atom. The van der Waals surface area contributed by atoms with Gasteiger partial charge in [-0.3, -0.25) is 19.9 Å². The minimum Gasteiger partial charge on any atom is -0.439 e. The van der Waals surface area contributed by atoms with Gasteiger partial charge in [0.25, 0.3) is 5.69 Å².